The fourth-order valence-corrected chi connectivity index (χ4v) is 3.58. The normalized spacial score (nSPS) is 14.3. The highest BCUT2D eigenvalue weighted by molar-refractivity contribution is 5.92. The average molecular weight is 402 g/mol. The van der Waals surface area contributed by atoms with Gasteiger partial charge in [0.2, 0.25) is 5.91 Å². The molecule has 0 aromatic heterocycles. The Morgan fingerprint density at radius 2 is 1.37 bits per heavy atom. The second-order valence-electron chi connectivity index (χ2n) is 7.47. The highest BCUT2D eigenvalue weighted by Gasteiger charge is 2.19. The lowest BCUT2D eigenvalue weighted by Crippen LogP contribution is -2.48. The summed E-state index contributed by atoms with van der Waals surface area (Å²) in [7, 11) is 0. The summed E-state index contributed by atoms with van der Waals surface area (Å²) in [6, 6.07) is 25.7. The number of anilines is 5. The van der Waals surface area contributed by atoms with Crippen LogP contribution in [0.3, 0.4) is 0 Å². The van der Waals surface area contributed by atoms with E-state index in [1.54, 1.807) is 0 Å². The average Bonchev–Trinajstić information content (AvgIpc) is 2.77. The fourth-order valence-electron chi connectivity index (χ4n) is 3.58. The van der Waals surface area contributed by atoms with Crippen LogP contribution in [0.5, 0.6) is 0 Å². The summed E-state index contributed by atoms with van der Waals surface area (Å²) in [6.07, 6.45) is 0. The quantitative estimate of drug-likeness (QED) is 0.548. The Morgan fingerprint density at radius 1 is 0.767 bits per heavy atom. The predicted octanol–water partition coefficient (Wildman–Crippen LogP) is 3.77. The van der Waals surface area contributed by atoms with E-state index in [0.717, 1.165) is 48.9 Å². The third-order valence-electron chi connectivity index (χ3n) is 5.23. The molecule has 4 N–H and O–H groups in total. The minimum absolute atomic E-state index is 0.0136. The number of rotatable bonds is 6. The van der Waals surface area contributed by atoms with E-state index in [0.29, 0.717) is 6.54 Å². The van der Waals surface area contributed by atoms with Gasteiger partial charge in [-0.3, -0.25) is 9.69 Å². The van der Waals surface area contributed by atoms with Crippen molar-refractivity contribution in [2.75, 3.05) is 54.0 Å². The molecule has 154 valence electrons. The smallest absolute Gasteiger partial charge is 0.238 e. The van der Waals surface area contributed by atoms with Crippen LogP contribution in [0.1, 0.15) is 0 Å². The highest BCUT2D eigenvalue weighted by Crippen LogP contribution is 2.20. The second kappa shape index (κ2) is 9.33. The van der Waals surface area contributed by atoms with Crippen molar-refractivity contribution in [2.45, 2.75) is 0 Å². The van der Waals surface area contributed by atoms with E-state index in [2.05, 4.69) is 20.4 Å². The minimum atomic E-state index is 0.0136. The molecule has 0 atom stereocenters. The van der Waals surface area contributed by atoms with Crippen molar-refractivity contribution in [2.24, 2.45) is 0 Å². The zero-order chi connectivity index (χ0) is 20.8. The minimum Gasteiger partial charge on any atom is -0.399 e. The van der Waals surface area contributed by atoms with Crippen LogP contribution in [0.15, 0.2) is 78.9 Å². The van der Waals surface area contributed by atoms with Crippen LogP contribution >= 0.6 is 0 Å². The van der Waals surface area contributed by atoms with Gasteiger partial charge in [-0.1, -0.05) is 18.2 Å². The molecule has 6 heteroatoms. The summed E-state index contributed by atoms with van der Waals surface area (Å²) >= 11 is 0. The van der Waals surface area contributed by atoms with Crippen molar-refractivity contribution in [1.29, 1.82) is 0 Å². The van der Waals surface area contributed by atoms with Gasteiger partial charge in [-0.05, 0) is 60.7 Å². The molecular formula is C24H27N5O. The maximum absolute atomic E-state index is 12.4. The van der Waals surface area contributed by atoms with Crippen LogP contribution in [0.25, 0.3) is 0 Å². The number of carbonyl (C=O) groups excluding carboxylic acids is 1. The first-order valence-electron chi connectivity index (χ1n) is 10.2. The van der Waals surface area contributed by atoms with Crippen molar-refractivity contribution in [3.05, 3.63) is 78.9 Å². The molecule has 3 aromatic rings. The molecule has 6 nitrogen and oxygen atoms in total. The number of nitrogens with one attached hydrogen (secondary N) is 2. The summed E-state index contributed by atoms with van der Waals surface area (Å²) in [5, 5.41) is 6.33. The number of nitrogens with two attached hydrogens (primary N) is 1. The molecule has 0 unspecified atom stereocenters. The third-order valence-corrected chi connectivity index (χ3v) is 5.23. The Kier molecular flexibility index (Phi) is 6.15. The zero-order valence-corrected chi connectivity index (χ0v) is 16.9. The molecule has 0 spiro atoms. The molecule has 0 bridgehead atoms. The maximum atomic E-state index is 12.4. The molecule has 1 heterocycles. The van der Waals surface area contributed by atoms with Gasteiger partial charge >= 0.3 is 0 Å². The van der Waals surface area contributed by atoms with Gasteiger partial charge in [0.05, 0.1) is 6.54 Å². The predicted molar refractivity (Wildman–Crippen MR) is 124 cm³/mol. The SMILES string of the molecule is Nc1ccc(N2CCN(CC(=O)Nc3ccc(Nc4ccccc4)cc3)CC2)cc1. The first kappa shape index (κ1) is 19.8. The number of piperazine rings is 1. The van der Waals surface area contributed by atoms with Crippen molar-refractivity contribution in [3.8, 4) is 0 Å². The van der Waals surface area contributed by atoms with Crippen molar-refractivity contribution >= 4 is 34.3 Å². The lowest BCUT2D eigenvalue weighted by molar-refractivity contribution is -0.117. The van der Waals surface area contributed by atoms with Gasteiger partial charge in [-0.15, -0.1) is 0 Å². The number of carbonyl (C=O) groups is 1. The lowest BCUT2D eigenvalue weighted by Gasteiger charge is -2.35. The first-order valence-corrected chi connectivity index (χ1v) is 10.2. The van der Waals surface area contributed by atoms with Crippen LogP contribution in [0.2, 0.25) is 0 Å². The molecule has 3 aromatic carbocycles. The summed E-state index contributed by atoms with van der Waals surface area (Å²) in [6.45, 7) is 3.92. The van der Waals surface area contributed by atoms with E-state index in [1.165, 1.54) is 5.69 Å². The molecular weight excluding hydrogens is 374 g/mol. The van der Waals surface area contributed by atoms with Crippen LogP contribution < -0.4 is 21.3 Å². The largest absolute Gasteiger partial charge is 0.399 e. The van der Waals surface area contributed by atoms with E-state index in [4.69, 9.17) is 5.73 Å². The van der Waals surface area contributed by atoms with Crippen LogP contribution in [0.4, 0.5) is 28.4 Å². The van der Waals surface area contributed by atoms with E-state index >= 15 is 0 Å². The molecule has 1 aliphatic heterocycles. The molecule has 0 aliphatic carbocycles. The summed E-state index contributed by atoms with van der Waals surface area (Å²) < 4.78 is 0. The Hall–Kier alpha value is -3.51. The molecule has 30 heavy (non-hydrogen) atoms. The first-order chi connectivity index (χ1) is 14.7. The van der Waals surface area contributed by atoms with Crippen LogP contribution in [-0.4, -0.2) is 43.5 Å². The van der Waals surface area contributed by atoms with Crippen molar-refractivity contribution in [1.82, 2.24) is 4.90 Å². The molecule has 0 saturated carbocycles. The number of hydrogen-bond donors (Lipinski definition) is 3. The molecule has 1 aliphatic rings. The number of para-hydroxylation sites is 1. The highest BCUT2D eigenvalue weighted by atomic mass is 16.2. The van der Waals surface area contributed by atoms with Gasteiger partial charge < -0.3 is 21.3 Å². The third kappa shape index (κ3) is 5.30. The Balaban J connectivity index is 1.23. The zero-order valence-electron chi connectivity index (χ0n) is 16.9. The number of hydrogen-bond acceptors (Lipinski definition) is 5. The summed E-state index contributed by atoms with van der Waals surface area (Å²) in [5.74, 6) is 0.0136. The molecule has 1 fully saturated rings. The van der Waals surface area contributed by atoms with Crippen molar-refractivity contribution in [3.63, 3.8) is 0 Å². The summed E-state index contributed by atoms with van der Waals surface area (Å²) in [4.78, 5) is 17.0. The fraction of sp³-hybridized carbons (Fsp3) is 0.208. The van der Waals surface area contributed by atoms with Gasteiger partial charge in [0.25, 0.3) is 0 Å². The summed E-state index contributed by atoms with van der Waals surface area (Å²) in [5.41, 5.74) is 10.5. The van der Waals surface area contributed by atoms with E-state index in [1.807, 2.05) is 78.9 Å². The second-order valence-corrected chi connectivity index (χ2v) is 7.47. The van der Waals surface area contributed by atoms with Crippen LogP contribution in [0, 0.1) is 0 Å². The number of amides is 1. The van der Waals surface area contributed by atoms with Gasteiger partial charge in [-0.25, -0.2) is 0 Å². The maximum Gasteiger partial charge on any atom is 0.238 e. The molecule has 1 saturated heterocycles. The molecule has 1 amide bonds. The lowest BCUT2D eigenvalue weighted by atomic mass is 10.2. The number of nitrogens with zero attached hydrogens (tertiary/aromatic N) is 2. The van der Waals surface area contributed by atoms with Gasteiger partial charge in [0, 0.05) is 54.6 Å². The standard InChI is InChI=1S/C24H27N5O/c25-19-6-12-23(13-7-19)29-16-14-28(15-17-29)18-24(30)27-22-10-8-21(9-11-22)26-20-4-2-1-3-5-20/h1-13,26H,14-18,25H2,(H,27,30). The van der Waals surface area contributed by atoms with Crippen molar-refractivity contribution < 1.29 is 4.79 Å². The number of benzene rings is 3. The molecule has 0 radical (unpaired) electrons. The Bertz CT molecular complexity index is 949. The van der Waals surface area contributed by atoms with E-state index < -0.39 is 0 Å². The van der Waals surface area contributed by atoms with Gasteiger partial charge in [0.15, 0.2) is 0 Å². The Morgan fingerprint density at radius 3 is 2.03 bits per heavy atom. The topological polar surface area (TPSA) is 73.6 Å². The Labute approximate surface area is 177 Å². The monoisotopic (exact) mass is 401 g/mol. The van der Waals surface area contributed by atoms with Gasteiger partial charge in [0.1, 0.15) is 0 Å². The van der Waals surface area contributed by atoms with Crippen LogP contribution in [-0.2, 0) is 4.79 Å². The van der Waals surface area contributed by atoms with E-state index in [-0.39, 0.29) is 5.91 Å². The molecule has 4 rings (SSSR count). The van der Waals surface area contributed by atoms with Gasteiger partial charge in [-0.2, -0.15) is 0 Å². The van der Waals surface area contributed by atoms with E-state index in [9.17, 15) is 4.79 Å². The number of nitrogen functional groups attached to an aromatic ring is 1.